The van der Waals surface area contributed by atoms with Crippen LogP contribution in [0.2, 0.25) is 0 Å². The summed E-state index contributed by atoms with van der Waals surface area (Å²) in [6, 6.07) is 5.63. The minimum Gasteiger partial charge on any atom is -0.497 e. The summed E-state index contributed by atoms with van der Waals surface area (Å²) in [5.74, 6) is 1.29. The number of allylic oxidation sites excluding steroid dienone is 1. The third kappa shape index (κ3) is 2.79. The molecule has 4 heteroatoms. The molecule has 0 aliphatic heterocycles. The Morgan fingerprint density at radius 2 is 2.00 bits per heavy atom. The Hall–Kier alpha value is -1.97. The van der Waals surface area contributed by atoms with Crippen molar-refractivity contribution < 1.29 is 19.0 Å². The van der Waals surface area contributed by atoms with Crippen LogP contribution in [0.3, 0.4) is 0 Å². The van der Waals surface area contributed by atoms with E-state index in [1.807, 2.05) is 25.1 Å². The number of hydrogen-bond acceptors (Lipinski definition) is 4. The maximum atomic E-state index is 12.0. The van der Waals surface area contributed by atoms with Gasteiger partial charge in [0.1, 0.15) is 11.5 Å². The van der Waals surface area contributed by atoms with Crippen LogP contribution in [0.1, 0.15) is 31.7 Å². The van der Waals surface area contributed by atoms with Gasteiger partial charge in [0, 0.05) is 11.1 Å². The molecule has 0 heterocycles. The van der Waals surface area contributed by atoms with Crippen LogP contribution in [-0.2, 0) is 9.53 Å². The topological polar surface area (TPSA) is 44.8 Å². The number of carbonyl (C=O) groups excluding carboxylic acids is 1. The maximum Gasteiger partial charge on any atom is 0.334 e. The summed E-state index contributed by atoms with van der Waals surface area (Å²) in [6.45, 7) is 2.21. The summed E-state index contributed by atoms with van der Waals surface area (Å²) >= 11 is 0. The molecule has 0 bridgehead atoms. The lowest BCUT2D eigenvalue weighted by molar-refractivity contribution is -0.138. The predicted molar refractivity (Wildman–Crippen MR) is 77.0 cm³/mol. The van der Waals surface area contributed by atoms with Gasteiger partial charge in [-0.05, 0) is 50.0 Å². The van der Waals surface area contributed by atoms with Gasteiger partial charge in [-0.1, -0.05) is 0 Å². The molecule has 0 fully saturated rings. The van der Waals surface area contributed by atoms with Gasteiger partial charge in [0.25, 0.3) is 0 Å². The van der Waals surface area contributed by atoms with Crippen LogP contribution < -0.4 is 9.47 Å². The van der Waals surface area contributed by atoms with Crippen LogP contribution in [0.15, 0.2) is 23.8 Å². The van der Waals surface area contributed by atoms with E-state index in [9.17, 15) is 4.79 Å². The molecule has 1 aromatic rings. The van der Waals surface area contributed by atoms with E-state index in [2.05, 4.69) is 0 Å². The number of rotatable bonds is 5. The fourth-order valence-electron chi connectivity index (χ4n) is 2.53. The maximum absolute atomic E-state index is 12.0. The smallest absolute Gasteiger partial charge is 0.334 e. The largest absolute Gasteiger partial charge is 0.497 e. The molecule has 0 saturated heterocycles. The molecule has 0 N–H and O–H groups in total. The minimum absolute atomic E-state index is 0.218. The standard InChI is InChI=1S/C16H20O4/c1-4-20-16(17)13-7-5-6-12(13)14-10-11(18-2)8-9-15(14)19-3/h8-10H,4-7H2,1-3H3. The zero-order valence-corrected chi connectivity index (χ0v) is 12.2. The summed E-state index contributed by atoms with van der Waals surface area (Å²) in [7, 11) is 3.26. The van der Waals surface area contributed by atoms with Gasteiger partial charge in [-0.25, -0.2) is 4.79 Å². The lowest BCUT2D eigenvalue weighted by atomic mass is 10.0. The van der Waals surface area contributed by atoms with E-state index in [1.54, 1.807) is 14.2 Å². The second-order valence-corrected chi connectivity index (χ2v) is 4.60. The summed E-state index contributed by atoms with van der Waals surface area (Å²) < 4.78 is 15.8. The molecule has 0 amide bonds. The van der Waals surface area contributed by atoms with Crippen LogP contribution in [0.4, 0.5) is 0 Å². The number of methoxy groups -OCH3 is 2. The van der Waals surface area contributed by atoms with Crippen LogP contribution in [0.5, 0.6) is 11.5 Å². The molecule has 108 valence electrons. The molecule has 0 aromatic heterocycles. The van der Waals surface area contributed by atoms with Crippen molar-refractivity contribution >= 4 is 11.5 Å². The van der Waals surface area contributed by atoms with Gasteiger partial charge in [0.2, 0.25) is 0 Å². The highest BCUT2D eigenvalue weighted by Crippen LogP contribution is 2.40. The Morgan fingerprint density at radius 3 is 2.65 bits per heavy atom. The third-order valence-corrected chi connectivity index (χ3v) is 3.47. The van der Waals surface area contributed by atoms with E-state index in [1.165, 1.54) is 0 Å². The second-order valence-electron chi connectivity index (χ2n) is 4.60. The first-order valence-corrected chi connectivity index (χ1v) is 6.82. The quantitative estimate of drug-likeness (QED) is 0.775. The summed E-state index contributed by atoms with van der Waals surface area (Å²) in [5, 5.41) is 0. The van der Waals surface area contributed by atoms with Gasteiger partial charge in [0.15, 0.2) is 0 Å². The van der Waals surface area contributed by atoms with E-state index in [4.69, 9.17) is 14.2 Å². The average molecular weight is 276 g/mol. The Morgan fingerprint density at radius 1 is 1.20 bits per heavy atom. The molecule has 0 atom stereocenters. The first-order chi connectivity index (χ1) is 9.71. The fraction of sp³-hybridized carbons (Fsp3) is 0.438. The van der Waals surface area contributed by atoms with Crippen molar-refractivity contribution in [3.8, 4) is 11.5 Å². The van der Waals surface area contributed by atoms with Crippen molar-refractivity contribution in [2.75, 3.05) is 20.8 Å². The molecular weight excluding hydrogens is 256 g/mol. The van der Waals surface area contributed by atoms with Crippen molar-refractivity contribution in [2.45, 2.75) is 26.2 Å². The van der Waals surface area contributed by atoms with Crippen molar-refractivity contribution in [3.05, 3.63) is 29.3 Å². The van der Waals surface area contributed by atoms with E-state index in [0.29, 0.717) is 6.61 Å². The van der Waals surface area contributed by atoms with Gasteiger partial charge >= 0.3 is 5.97 Å². The minimum atomic E-state index is -0.218. The Balaban J connectivity index is 2.47. The average Bonchev–Trinajstić information content (AvgIpc) is 2.96. The molecule has 2 rings (SSSR count). The molecule has 4 nitrogen and oxygen atoms in total. The highest BCUT2D eigenvalue weighted by Gasteiger charge is 2.25. The van der Waals surface area contributed by atoms with Crippen molar-refractivity contribution in [3.63, 3.8) is 0 Å². The van der Waals surface area contributed by atoms with Crippen LogP contribution >= 0.6 is 0 Å². The van der Waals surface area contributed by atoms with Crippen LogP contribution in [-0.4, -0.2) is 26.8 Å². The zero-order chi connectivity index (χ0) is 14.5. The number of ether oxygens (including phenoxy) is 3. The Kier molecular flexibility index (Phi) is 4.66. The molecule has 1 aliphatic carbocycles. The predicted octanol–water partition coefficient (Wildman–Crippen LogP) is 3.20. The highest BCUT2D eigenvalue weighted by atomic mass is 16.5. The second kappa shape index (κ2) is 6.46. The van der Waals surface area contributed by atoms with Gasteiger partial charge in [-0.15, -0.1) is 0 Å². The van der Waals surface area contributed by atoms with E-state index >= 15 is 0 Å². The first-order valence-electron chi connectivity index (χ1n) is 6.82. The summed E-state index contributed by atoms with van der Waals surface area (Å²) in [6.07, 6.45) is 2.58. The summed E-state index contributed by atoms with van der Waals surface area (Å²) in [5.41, 5.74) is 2.70. The van der Waals surface area contributed by atoms with Gasteiger partial charge in [0.05, 0.1) is 20.8 Å². The normalized spacial score (nSPS) is 14.3. The first kappa shape index (κ1) is 14.4. The molecule has 1 aromatic carbocycles. The van der Waals surface area contributed by atoms with Crippen LogP contribution in [0.25, 0.3) is 5.57 Å². The Bertz CT molecular complexity index is 531. The summed E-state index contributed by atoms with van der Waals surface area (Å²) in [4.78, 5) is 12.0. The molecule has 1 aliphatic rings. The van der Waals surface area contributed by atoms with Crippen molar-refractivity contribution in [2.24, 2.45) is 0 Å². The van der Waals surface area contributed by atoms with E-state index < -0.39 is 0 Å². The number of benzene rings is 1. The number of carbonyl (C=O) groups is 1. The van der Waals surface area contributed by atoms with Gasteiger partial charge < -0.3 is 14.2 Å². The molecule has 0 saturated carbocycles. The van der Waals surface area contributed by atoms with Gasteiger partial charge in [-0.3, -0.25) is 0 Å². The highest BCUT2D eigenvalue weighted by molar-refractivity contribution is 5.99. The fourth-order valence-corrected chi connectivity index (χ4v) is 2.53. The van der Waals surface area contributed by atoms with Crippen molar-refractivity contribution in [1.29, 1.82) is 0 Å². The number of hydrogen-bond donors (Lipinski definition) is 0. The molecule has 20 heavy (non-hydrogen) atoms. The molecule has 0 unspecified atom stereocenters. The monoisotopic (exact) mass is 276 g/mol. The Labute approximate surface area is 119 Å². The lowest BCUT2D eigenvalue weighted by Gasteiger charge is -2.13. The van der Waals surface area contributed by atoms with Gasteiger partial charge in [-0.2, -0.15) is 0 Å². The molecular formula is C16H20O4. The third-order valence-electron chi connectivity index (χ3n) is 3.47. The molecule has 0 radical (unpaired) electrons. The lowest BCUT2D eigenvalue weighted by Crippen LogP contribution is -2.07. The zero-order valence-electron chi connectivity index (χ0n) is 12.2. The van der Waals surface area contributed by atoms with Crippen LogP contribution in [0, 0.1) is 0 Å². The number of esters is 1. The SMILES string of the molecule is CCOC(=O)C1=C(c2cc(OC)ccc2OC)CCC1. The van der Waals surface area contributed by atoms with Crippen molar-refractivity contribution in [1.82, 2.24) is 0 Å². The molecule has 0 spiro atoms. The van der Waals surface area contributed by atoms with E-state index in [0.717, 1.165) is 47.5 Å². The van der Waals surface area contributed by atoms with E-state index in [-0.39, 0.29) is 5.97 Å².